The molecule has 0 bridgehead atoms. The maximum Gasteiger partial charge on any atom is 0.309 e. The third-order valence-electron chi connectivity index (χ3n) is 2.64. The fraction of sp³-hybridized carbons (Fsp3) is 0.875. The number of hydrogen-bond acceptors (Lipinski definition) is 3. The molecule has 76 valence electrons. The molecule has 1 saturated carbocycles. The van der Waals surface area contributed by atoms with Crippen LogP contribution in [0.2, 0.25) is 0 Å². The Bertz CT molecular complexity index is 300. The number of hydrogen-bond donors (Lipinski definition) is 1. The van der Waals surface area contributed by atoms with E-state index in [4.69, 9.17) is 5.11 Å². The van der Waals surface area contributed by atoms with Crippen molar-refractivity contribution in [2.75, 3.05) is 11.5 Å². The van der Waals surface area contributed by atoms with Crippen LogP contribution in [0, 0.1) is 5.41 Å². The molecule has 13 heavy (non-hydrogen) atoms. The molecular formula is C8H14O4S. The van der Waals surface area contributed by atoms with E-state index in [9.17, 15) is 13.2 Å². The molecule has 0 radical (unpaired) electrons. The molecule has 1 N–H and O–H groups in total. The highest BCUT2D eigenvalue weighted by molar-refractivity contribution is 7.91. The maximum atomic E-state index is 11.1. The lowest BCUT2D eigenvalue weighted by atomic mass is 10.1. The van der Waals surface area contributed by atoms with E-state index in [0.29, 0.717) is 12.8 Å². The number of carboxylic acids is 1. The molecule has 0 aromatic carbocycles. The fourth-order valence-corrected chi connectivity index (χ4v) is 2.21. The lowest BCUT2D eigenvalue weighted by Gasteiger charge is -2.08. The van der Waals surface area contributed by atoms with E-state index >= 15 is 0 Å². The lowest BCUT2D eigenvalue weighted by Crippen LogP contribution is -2.20. The number of aliphatic carboxylic acids is 1. The van der Waals surface area contributed by atoms with E-state index in [1.54, 1.807) is 6.92 Å². The Hall–Kier alpha value is -0.580. The van der Waals surface area contributed by atoms with Crippen molar-refractivity contribution in [2.24, 2.45) is 5.41 Å². The smallest absolute Gasteiger partial charge is 0.309 e. The van der Waals surface area contributed by atoms with Gasteiger partial charge in [-0.05, 0) is 19.3 Å². The summed E-state index contributed by atoms with van der Waals surface area (Å²) >= 11 is 0. The molecule has 0 unspecified atom stereocenters. The van der Waals surface area contributed by atoms with Gasteiger partial charge in [-0.3, -0.25) is 4.79 Å². The van der Waals surface area contributed by atoms with E-state index in [1.165, 1.54) is 0 Å². The van der Waals surface area contributed by atoms with Crippen molar-refractivity contribution >= 4 is 15.8 Å². The largest absolute Gasteiger partial charge is 0.481 e. The van der Waals surface area contributed by atoms with Crippen molar-refractivity contribution in [1.82, 2.24) is 0 Å². The van der Waals surface area contributed by atoms with Crippen molar-refractivity contribution in [2.45, 2.75) is 26.2 Å². The molecule has 4 nitrogen and oxygen atoms in total. The number of carbonyl (C=O) groups is 1. The summed E-state index contributed by atoms with van der Waals surface area (Å²) in [5, 5.41) is 8.78. The average Bonchev–Trinajstić information content (AvgIpc) is 2.82. The Morgan fingerprint density at radius 3 is 2.31 bits per heavy atom. The SMILES string of the molecule is CCS(=O)(=O)CCC1(C(=O)O)CC1. The summed E-state index contributed by atoms with van der Waals surface area (Å²) in [6.07, 6.45) is 1.53. The molecule has 1 fully saturated rings. The van der Waals surface area contributed by atoms with Crippen LogP contribution in [-0.2, 0) is 14.6 Å². The molecule has 0 aromatic heterocycles. The van der Waals surface area contributed by atoms with Gasteiger partial charge in [0.05, 0.1) is 11.2 Å². The van der Waals surface area contributed by atoms with Crippen molar-refractivity contribution in [3.05, 3.63) is 0 Å². The minimum Gasteiger partial charge on any atom is -0.481 e. The van der Waals surface area contributed by atoms with Gasteiger partial charge in [0.25, 0.3) is 0 Å². The van der Waals surface area contributed by atoms with Crippen LogP contribution in [0.1, 0.15) is 26.2 Å². The summed E-state index contributed by atoms with van der Waals surface area (Å²) in [6, 6.07) is 0. The van der Waals surface area contributed by atoms with Crippen molar-refractivity contribution in [3.63, 3.8) is 0 Å². The van der Waals surface area contributed by atoms with Gasteiger partial charge in [-0.25, -0.2) is 8.42 Å². The molecule has 0 saturated heterocycles. The van der Waals surface area contributed by atoms with Gasteiger partial charge < -0.3 is 5.11 Å². The van der Waals surface area contributed by atoms with Gasteiger partial charge in [-0.2, -0.15) is 0 Å². The topological polar surface area (TPSA) is 71.4 Å². The summed E-state index contributed by atoms with van der Waals surface area (Å²) in [4.78, 5) is 10.7. The Morgan fingerprint density at radius 2 is 2.00 bits per heavy atom. The zero-order chi connectivity index (χ0) is 10.1. The second kappa shape index (κ2) is 3.29. The normalized spacial score (nSPS) is 19.8. The van der Waals surface area contributed by atoms with Crippen LogP contribution in [-0.4, -0.2) is 31.0 Å². The van der Waals surface area contributed by atoms with Gasteiger partial charge >= 0.3 is 5.97 Å². The molecule has 1 aliphatic carbocycles. The summed E-state index contributed by atoms with van der Waals surface area (Å²) < 4.78 is 22.2. The molecule has 0 aromatic rings. The van der Waals surface area contributed by atoms with Gasteiger partial charge in [0.1, 0.15) is 9.84 Å². The highest BCUT2D eigenvalue weighted by atomic mass is 32.2. The summed E-state index contributed by atoms with van der Waals surface area (Å²) in [6.45, 7) is 1.58. The third-order valence-corrected chi connectivity index (χ3v) is 4.34. The zero-order valence-electron chi connectivity index (χ0n) is 7.62. The van der Waals surface area contributed by atoms with Crippen LogP contribution in [0.5, 0.6) is 0 Å². The van der Waals surface area contributed by atoms with Gasteiger partial charge in [0, 0.05) is 5.75 Å². The Kier molecular flexibility index (Phi) is 2.66. The average molecular weight is 206 g/mol. The Morgan fingerprint density at radius 1 is 1.46 bits per heavy atom. The first-order valence-electron chi connectivity index (χ1n) is 4.36. The first-order chi connectivity index (χ1) is 5.92. The van der Waals surface area contributed by atoms with E-state index in [0.717, 1.165) is 0 Å². The van der Waals surface area contributed by atoms with E-state index in [2.05, 4.69) is 0 Å². The van der Waals surface area contributed by atoms with Crippen LogP contribution in [0.4, 0.5) is 0 Å². The number of rotatable bonds is 5. The van der Waals surface area contributed by atoms with Crippen LogP contribution < -0.4 is 0 Å². The van der Waals surface area contributed by atoms with Gasteiger partial charge in [0.2, 0.25) is 0 Å². The monoisotopic (exact) mass is 206 g/mol. The zero-order valence-corrected chi connectivity index (χ0v) is 8.43. The number of sulfone groups is 1. The van der Waals surface area contributed by atoms with Crippen LogP contribution in [0.25, 0.3) is 0 Å². The quantitative estimate of drug-likeness (QED) is 0.718. The fourth-order valence-electron chi connectivity index (χ4n) is 1.22. The number of carboxylic acid groups (broad SMARTS) is 1. The van der Waals surface area contributed by atoms with E-state index in [-0.39, 0.29) is 17.9 Å². The van der Waals surface area contributed by atoms with Crippen molar-refractivity contribution in [3.8, 4) is 0 Å². The molecule has 0 amide bonds. The predicted octanol–water partition coefficient (Wildman–Crippen LogP) is 0.676. The molecule has 0 heterocycles. The third kappa shape index (κ3) is 2.43. The van der Waals surface area contributed by atoms with Gasteiger partial charge in [-0.1, -0.05) is 6.92 Å². The molecule has 0 atom stereocenters. The first-order valence-corrected chi connectivity index (χ1v) is 6.18. The Balaban J connectivity index is 2.48. The molecule has 1 rings (SSSR count). The highest BCUT2D eigenvalue weighted by Gasteiger charge is 2.50. The second-order valence-corrected chi connectivity index (χ2v) is 6.04. The summed E-state index contributed by atoms with van der Waals surface area (Å²) in [7, 11) is -3.01. The van der Waals surface area contributed by atoms with Crippen molar-refractivity contribution < 1.29 is 18.3 Å². The van der Waals surface area contributed by atoms with Gasteiger partial charge in [-0.15, -0.1) is 0 Å². The summed E-state index contributed by atoms with van der Waals surface area (Å²) in [5.74, 6) is -0.739. The molecule has 0 spiro atoms. The standard InChI is InChI=1S/C8H14O4S/c1-2-13(11,12)6-5-8(3-4-8)7(9)10/h2-6H2,1H3,(H,9,10). The van der Waals surface area contributed by atoms with Gasteiger partial charge in [0.15, 0.2) is 0 Å². The summed E-state index contributed by atoms with van der Waals surface area (Å²) in [5.41, 5.74) is -0.706. The maximum absolute atomic E-state index is 11.1. The molecule has 5 heteroatoms. The molecule has 1 aliphatic rings. The van der Waals surface area contributed by atoms with Crippen molar-refractivity contribution in [1.29, 1.82) is 0 Å². The minimum absolute atomic E-state index is 0.00972. The van der Waals surface area contributed by atoms with E-state index in [1.807, 2.05) is 0 Å². The van der Waals surface area contributed by atoms with E-state index < -0.39 is 21.2 Å². The lowest BCUT2D eigenvalue weighted by molar-refractivity contribution is -0.143. The second-order valence-electron chi connectivity index (χ2n) is 3.57. The van der Waals surface area contributed by atoms with Crippen LogP contribution in [0.15, 0.2) is 0 Å². The Labute approximate surface area is 77.9 Å². The molecular weight excluding hydrogens is 192 g/mol. The van der Waals surface area contributed by atoms with Crippen LogP contribution in [0.3, 0.4) is 0 Å². The van der Waals surface area contributed by atoms with Crippen LogP contribution >= 0.6 is 0 Å². The molecule has 0 aliphatic heterocycles. The highest BCUT2D eigenvalue weighted by Crippen LogP contribution is 2.49. The predicted molar refractivity (Wildman–Crippen MR) is 48.2 cm³/mol. The minimum atomic E-state index is -3.01. The first kappa shape index (κ1) is 10.5.